The Balaban J connectivity index is 1.67. The number of Topliss-reactive ketones (excluding diaryl/α,β-unsaturated/α-hetero) is 1. The average Bonchev–Trinajstić information content (AvgIpc) is 3.05. The molecule has 1 saturated heterocycles. The number of rotatable bonds is 2. The molecule has 31 heavy (non-hydrogen) atoms. The van der Waals surface area contributed by atoms with Crippen molar-refractivity contribution in [2.24, 2.45) is 11.8 Å². The summed E-state index contributed by atoms with van der Waals surface area (Å²) in [7, 11) is 0. The van der Waals surface area contributed by atoms with Crippen molar-refractivity contribution < 1.29 is 18.8 Å². The summed E-state index contributed by atoms with van der Waals surface area (Å²) in [5, 5.41) is 0. The molecular formula is C26H18FNO3. The molecule has 0 unspecified atom stereocenters. The quantitative estimate of drug-likeness (QED) is 0.600. The summed E-state index contributed by atoms with van der Waals surface area (Å²) in [4.78, 5) is 42.1. The fourth-order valence-electron chi connectivity index (χ4n) is 6.21. The molecule has 2 bridgehead atoms. The molecule has 1 fully saturated rings. The summed E-state index contributed by atoms with van der Waals surface area (Å²) < 4.78 is 13.5. The lowest BCUT2D eigenvalue weighted by molar-refractivity contribution is -0.132. The molecule has 3 aliphatic carbocycles. The predicted octanol–water partition coefficient (Wildman–Crippen LogP) is 3.97. The molecule has 0 saturated carbocycles. The number of anilines is 1. The lowest BCUT2D eigenvalue weighted by atomic mass is 9.46. The van der Waals surface area contributed by atoms with Gasteiger partial charge < -0.3 is 0 Å². The number of hydrogen-bond donors (Lipinski definition) is 0. The third-order valence-corrected chi connectivity index (χ3v) is 7.26. The zero-order chi connectivity index (χ0) is 21.5. The van der Waals surface area contributed by atoms with Crippen LogP contribution in [0.2, 0.25) is 0 Å². The highest BCUT2D eigenvalue weighted by molar-refractivity contribution is 6.25. The Bertz CT molecular complexity index is 1250. The van der Waals surface area contributed by atoms with E-state index in [1.54, 1.807) is 0 Å². The monoisotopic (exact) mass is 411 g/mol. The van der Waals surface area contributed by atoms with Crippen LogP contribution >= 0.6 is 0 Å². The van der Waals surface area contributed by atoms with E-state index >= 15 is 0 Å². The SMILES string of the molecule is CC(=O)C12c3ccccc3C(c3ccccc31)[C@H]1C(=O)N(c3ccc(F)cc3)C(=O)[C@@H]12. The second-order valence-corrected chi connectivity index (χ2v) is 8.51. The smallest absolute Gasteiger partial charge is 0.239 e. The summed E-state index contributed by atoms with van der Waals surface area (Å²) >= 11 is 0. The van der Waals surface area contributed by atoms with Crippen molar-refractivity contribution in [2.45, 2.75) is 18.3 Å². The van der Waals surface area contributed by atoms with Gasteiger partial charge in [-0.05, 0) is 53.4 Å². The number of halogens is 1. The second-order valence-electron chi connectivity index (χ2n) is 8.51. The molecule has 4 nitrogen and oxygen atoms in total. The van der Waals surface area contributed by atoms with E-state index in [4.69, 9.17) is 0 Å². The van der Waals surface area contributed by atoms with E-state index in [9.17, 15) is 18.8 Å². The zero-order valence-corrected chi connectivity index (χ0v) is 16.7. The summed E-state index contributed by atoms with van der Waals surface area (Å²) in [6.07, 6.45) is 0. The molecule has 0 spiro atoms. The Labute approximate surface area is 178 Å². The molecule has 1 heterocycles. The van der Waals surface area contributed by atoms with Gasteiger partial charge in [0.25, 0.3) is 0 Å². The minimum atomic E-state index is -1.21. The fourth-order valence-corrected chi connectivity index (χ4v) is 6.21. The van der Waals surface area contributed by atoms with Crippen LogP contribution in [-0.2, 0) is 19.8 Å². The van der Waals surface area contributed by atoms with Crippen molar-refractivity contribution in [3.63, 3.8) is 0 Å². The first kappa shape index (κ1) is 18.2. The van der Waals surface area contributed by atoms with Crippen molar-refractivity contribution in [3.8, 4) is 0 Å². The van der Waals surface area contributed by atoms with Crippen LogP contribution in [0.5, 0.6) is 0 Å². The van der Waals surface area contributed by atoms with Gasteiger partial charge in [0, 0.05) is 5.92 Å². The number of ketones is 1. The molecular weight excluding hydrogens is 393 g/mol. The van der Waals surface area contributed by atoms with Crippen molar-refractivity contribution in [2.75, 3.05) is 4.90 Å². The van der Waals surface area contributed by atoms with Crippen LogP contribution in [0.3, 0.4) is 0 Å². The van der Waals surface area contributed by atoms with E-state index < -0.39 is 29.0 Å². The van der Waals surface area contributed by atoms with E-state index in [2.05, 4.69) is 0 Å². The molecule has 0 radical (unpaired) electrons. The number of nitrogens with zero attached hydrogens (tertiary/aromatic N) is 1. The van der Waals surface area contributed by atoms with Gasteiger partial charge in [0.05, 0.1) is 22.9 Å². The zero-order valence-electron chi connectivity index (χ0n) is 16.7. The van der Waals surface area contributed by atoms with E-state index in [-0.39, 0.29) is 17.6 Å². The molecule has 1 aliphatic heterocycles. The van der Waals surface area contributed by atoms with E-state index in [1.165, 1.54) is 31.2 Å². The average molecular weight is 411 g/mol. The first-order chi connectivity index (χ1) is 15.0. The highest BCUT2D eigenvalue weighted by Crippen LogP contribution is 2.64. The van der Waals surface area contributed by atoms with Crippen LogP contribution in [0, 0.1) is 17.7 Å². The lowest BCUT2D eigenvalue weighted by Crippen LogP contribution is -2.57. The van der Waals surface area contributed by atoms with Gasteiger partial charge in [0.1, 0.15) is 11.6 Å². The van der Waals surface area contributed by atoms with Crippen LogP contribution < -0.4 is 4.90 Å². The molecule has 3 aromatic rings. The topological polar surface area (TPSA) is 54.5 Å². The summed E-state index contributed by atoms with van der Waals surface area (Å²) in [6.45, 7) is 1.51. The Morgan fingerprint density at radius 3 is 1.94 bits per heavy atom. The minimum absolute atomic E-state index is 0.150. The number of amides is 2. The van der Waals surface area contributed by atoms with Gasteiger partial charge in [-0.1, -0.05) is 48.5 Å². The molecule has 2 atom stereocenters. The molecule has 7 rings (SSSR count). The van der Waals surface area contributed by atoms with Gasteiger partial charge in [-0.15, -0.1) is 0 Å². The number of imide groups is 1. The molecule has 3 aromatic carbocycles. The maximum atomic E-state index is 13.8. The van der Waals surface area contributed by atoms with Crippen LogP contribution in [-0.4, -0.2) is 17.6 Å². The minimum Gasteiger partial charge on any atom is -0.299 e. The fraction of sp³-hybridized carbons (Fsp3) is 0.192. The normalized spacial score (nSPS) is 27.7. The third-order valence-electron chi connectivity index (χ3n) is 7.26. The first-order valence-corrected chi connectivity index (χ1v) is 10.3. The lowest BCUT2D eigenvalue weighted by Gasteiger charge is -2.52. The second kappa shape index (κ2) is 5.97. The number of carbonyl (C=O) groups is 3. The predicted molar refractivity (Wildman–Crippen MR) is 112 cm³/mol. The number of hydrogen-bond acceptors (Lipinski definition) is 3. The summed E-state index contributed by atoms with van der Waals surface area (Å²) in [5.41, 5.74) is 2.61. The highest BCUT2D eigenvalue weighted by Gasteiger charge is 2.69. The van der Waals surface area contributed by atoms with Gasteiger partial charge in [-0.3, -0.25) is 14.4 Å². The van der Waals surface area contributed by atoms with Gasteiger partial charge in [0.2, 0.25) is 11.8 Å². The van der Waals surface area contributed by atoms with E-state index in [0.717, 1.165) is 27.2 Å². The van der Waals surface area contributed by atoms with Crippen molar-refractivity contribution >= 4 is 23.3 Å². The summed E-state index contributed by atoms with van der Waals surface area (Å²) in [5.74, 6) is -3.13. The Hall–Kier alpha value is -3.60. The Kier molecular flexibility index (Phi) is 3.51. The molecule has 2 amide bonds. The maximum Gasteiger partial charge on any atom is 0.239 e. The van der Waals surface area contributed by atoms with Gasteiger partial charge >= 0.3 is 0 Å². The molecule has 0 aromatic heterocycles. The van der Waals surface area contributed by atoms with Gasteiger partial charge in [-0.25, -0.2) is 9.29 Å². The Morgan fingerprint density at radius 1 is 0.839 bits per heavy atom. The van der Waals surface area contributed by atoms with Crippen LogP contribution in [0.1, 0.15) is 35.1 Å². The third kappa shape index (κ3) is 2.01. The standard InChI is InChI=1S/C26H18FNO3/c1-14(29)26-19-8-4-2-6-17(19)21(18-7-3-5-9-20(18)26)22-23(26)25(31)28(24(22)30)16-12-10-15(27)11-13-16/h2-13,21-23H,1H3/t21?,22-,23-,26?/m1/s1. The maximum absolute atomic E-state index is 13.8. The first-order valence-electron chi connectivity index (χ1n) is 10.3. The molecule has 4 aliphatic rings. The van der Waals surface area contributed by atoms with Crippen molar-refractivity contribution in [3.05, 3.63) is 101 Å². The van der Waals surface area contributed by atoms with Crippen molar-refractivity contribution in [1.82, 2.24) is 0 Å². The summed E-state index contributed by atoms with van der Waals surface area (Å²) in [6, 6.07) is 20.6. The van der Waals surface area contributed by atoms with E-state index in [1.807, 2.05) is 48.5 Å². The Morgan fingerprint density at radius 2 is 1.39 bits per heavy atom. The highest BCUT2D eigenvalue weighted by atomic mass is 19.1. The van der Waals surface area contributed by atoms with E-state index in [0.29, 0.717) is 5.69 Å². The molecule has 5 heteroatoms. The van der Waals surface area contributed by atoms with Gasteiger partial charge in [0.15, 0.2) is 0 Å². The number of carbonyl (C=O) groups excluding carboxylic acids is 3. The van der Waals surface area contributed by atoms with Crippen LogP contribution in [0.15, 0.2) is 72.8 Å². The van der Waals surface area contributed by atoms with Crippen LogP contribution in [0.25, 0.3) is 0 Å². The largest absolute Gasteiger partial charge is 0.299 e. The molecule has 0 N–H and O–H groups in total. The number of benzene rings is 3. The van der Waals surface area contributed by atoms with Crippen LogP contribution in [0.4, 0.5) is 10.1 Å². The van der Waals surface area contributed by atoms with Crippen molar-refractivity contribution in [1.29, 1.82) is 0 Å². The van der Waals surface area contributed by atoms with Gasteiger partial charge in [-0.2, -0.15) is 0 Å². The molecule has 152 valence electrons.